The van der Waals surface area contributed by atoms with Crippen LogP contribution in [0, 0.1) is 12.7 Å². The van der Waals surface area contributed by atoms with Gasteiger partial charge in [0.2, 0.25) is 5.91 Å². The molecule has 18 heavy (non-hydrogen) atoms. The standard InChI is InChI=1S/C13H16BrFN2O/c1-9-6-10(14)11(15)7-12(9)16-8-13(18)17-4-2-3-5-17/h6-7,16H,2-5,8H2,1H3. The molecular formula is C13H16BrFN2O. The molecule has 0 saturated carbocycles. The summed E-state index contributed by atoms with van der Waals surface area (Å²) in [5, 5.41) is 3.01. The molecule has 1 N–H and O–H groups in total. The number of nitrogens with zero attached hydrogens (tertiary/aromatic N) is 1. The summed E-state index contributed by atoms with van der Waals surface area (Å²) in [6, 6.07) is 3.12. The molecule has 1 saturated heterocycles. The Bertz CT molecular complexity index is 459. The maximum atomic E-state index is 13.4. The molecule has 98 valence electrons. The molecule has 0 bridgehead atoms. The number of amides is 1. The molecule has 1 fully saturated rings. The van der Waals surface area contributed by atoms with Crippen molar-refractivity contribution >= 4 is 27.5 Å². The Morgan fingerprint density at radius 2 is 2.11 bits per heavy atom. The number of hydrogen-bond donors (Lipinski definition) is 1. The van der Waals surface area contributed by atoms with Crippen molar-refractivity contribution in [3.05, 3.63) is 28.0 Å². The van der Waals surface area contributed by atoms with Crippen LogP contribution in [0.2, 0.25) is 0 Å². The summed E-state index contributed by atoms with van der Waals surface area (Å²) in [7, 11) is 0. The van der Waals surface area contributed by atoms with Crippen LogP contribution in [-0.2, 0) is 4.79 Å². The Hall–Kier alpha value is -1.10. The van der Waals surface area contributed by atoms with Crippen molar-refractivity contribution in [2.75, 3.05) is 25.0 Å². The van der Waals surface area contributed by atoms with E-state index in [9.17, 15) is 9.18 Å². The third kappa shape index (κ3) is 3.02. The topological polar surface area (TPSA) is 32.3 Å². The molecule has 0 atom stereocenters. The van der Waals surface area contributed by atoms with Gasteiger partial charge in [-0.2, -0.15) is 0 Å². The third-order valence-corrected chi connectivity index (χ3v) is 3.76. The first-order valence-corrected chi connectivity index (χ1v) is 6.84. The molecule has 1 aliphatic rings. The normalized spacial score (nSPS) is 14.9. The van der Waals surface area contributed by atoms with Crippen molar-refractivity contribution < 1.29 is 9.18 Å². The lowest BCUT2D eigenvalue weighted by Gasteiger charge is -2.17. The van der Waals surface area contributed by atoms with E-state index in [1.54, 1.807) is 6.07 Å². The van der Waals surface area contributed by atoms with Gasteiger partial charge in [-0.1, -0.05) is 0 Å². The van der Waals surface area contributed by atoms with E-state index >= 15 is 0 Å². The van der Waals surface area contributed by atoms with Gasteiger partial charge in [-0.25, -0.2) is 4.39 Å². The first-order valence-electron chi connectivity index (χ1n) is 6.05. The van der Waals surface area contributed by atoms with Gasteiger partial charge >= 0.3 is 0 Å². The fourth-order valence-electron chi connectivity index (χ4n) is 2.09. The number of rotatable bonds is 3. The van der Waals surface area contributed by atoms with Gasteiger partial charge in [-0.05, 0) is 53.4 Å². The quantitative estimate of drug-likeness (QED) is 0.930. The number of nitrogens with one attached hydrogen (secondary N) is 1. The van der Waals surface area contributed by atoms with E-state index in [1.165, 1.54) is 6.07 Å². The van der Waals surface area contributed by atoms with Gasteiger partial charge in [-0.3, -0.25) is 4.79 Å². The van der Waals surface area contributed by atoms with E-state index < -0.39 is 0 Å². The van der Waals surface area contributed by atoms with Gasteiger partial charge in [0.05, 0.1) is 11.0 Å². The monoisotopic (exact) mass is 314 g/mol. The second-order valence-electron chi connectivity index (χ2n) is 4.52. The smallest absolute Gasteiger partial charge is 0.241 e. The SMILES string of the molecule is Cc1cc(Br)c(F)cc1NCC(=O)N1CCCC1. The van der Waals surface area contributed by atoms with Gasteiger partial charge in [0.15, 0.2) is 0 Å². The summed E-state index contributed by atoms with van der Waals surface area (Å²) in [6.45, 7) is 3.79. The van der Waals surface area contributed by atoms with Gasteiger partial charge in [0, 0.05) is 18.8 Å². The van der Waals surface area contributed by atoms with Gasteiger partial charge in [0.1, 0.15) is 5.82 Å². The van der Waals surface area contributed by atoms with Crippen LogP contribution in [-0.4, -0.2) is 30.4 Å². The van der Waals surface area contributed by atoms with E-state index in [0.717, 1.165) is 31.5 Å². The summed E-state index contributed by atoms with van der Waals surface area (Å²) in [5.74, 6) is -0.244. The molecule has 1 amide bonds. The Labute approximate surface area is 114 Å². The van der Waals surface area contributed by atoms with E-state index in [1.807, 2.05) is 11.8 Å². The van der Waals surface area contributed by atoms with Gasteiger partial charge < -0.3 is 10.2 Å². The third-order valence-electron chi connectivity index (χ3n) is 3.16. The number of anilines is 1. The fraction of sp³-hybridized carbons (Fsp3) is 0.462. The van der Waals surface area contributed by atoms with Crippen LogP contribution in [0.25, 0.3) is 0 Å². The summed E-state index contributed by atoms with van der Waals surface area (Å²) < 4.78 is 13.8. The minimum absolute atomic E-state index is 0.0789. The molecule has 1 aliphatic heterocycles. The van der Waals surface area contributed by atoms with Crippen LogP contribution in [0.4, 0.5) is 10.1 Å². The number of carbonyl (C=O) groups excluding carboxylic acids is 1. The Morgan fingerprint density at radius 3 is 2.78 bits per heavy atom. The number of halogens is 2. The summed E-state index contributed by atoms with van der Waals surface area (Å²) >= 11 is 3.14. The Balaban J connectivity index is 1.97. The summed E-state index contributed by atoms with van der Waals surface area (Å²) in [4.78, 5) is 13.7. The molecule has 3 nitrogen and oxygen atoms in total. The molecule has 2 rings (SSSR count). The fourth-order valence-corrected chi connectivity index (χ4v) is 2.54. The minimum Gasteiger partial charge on any atom is -0.376 e. The molecular weight excluding hydrogens is 299 g/mol. The Kier molecular flexibility index (Phi) is 4.22. The molecule has 1 heterocycles. The average molecular weight is 315 g/mol. The first kappa shape index (κ1) is 13.3. The number of hydrogen-bond acceptors (Lipinski definition) is 2. The van der Waals surface area contributed by atoms with Crippen LogP contribution >= 0.6 is 15.9 Å². The highest BCUT2D eigenvalue weighted by Crippen LogP contribution is 2.23. The van der Waals surface area contributed by atoms with Crippen molar-refractivity contribution in [2.24, 2.45) is 0 Å². The van der Waals surface area contributed by atoms with E-state index in [4.69, 9.17) is 0 Å². The Morgan fingerprint density at radius 1 is 1.44 bits per heavy atom. The molecule has 0 spiro atoms. The van der Waals surface area contributed by atoms with Crippen LogP contribution in [0.3, 0.4) is 0 Å². The molecule has 0 aliphatic carbocycles. The van der Waals surface area contributed by atoms with Crippen molar-refractivity contribution in [1.29, 1.82) is 0 Å². The predicted octanol–water partition coefficient (Wildman–Crippen LogP) is 2.93. The zero-order valence-electron chi connectivity index (χ0n) is 10.3. The number of aryl methyl sites for hydroxylation is 1. The molecule has 1 aromatic rings. The molecule has 0 unspecified atom stereocenters. The number of carbonyl (C=O) groups is 1. The minimum atomic E-state index is -0.322. The predicted molar refractivity (Wildman–Crippen MR) is 73.1 cm³/mol. The largest absolute Gasteiger partial charge is 0.376 e. The van der Waals surface area contributed by atoms with Crippen molar-refractivity contribution in [3.8, 4) is 0 Å². The van der Waals surface area contributed by atoms with Crippen molar-refractivity contribution in [2.45, 2.75) is 19.8 Å². The van der Waals surface area contributed by atoms with Crippen molar-refractivity contribution in [3.63, 3.8) is 0 Å². The zero-order valence-corrected chi connectivity index (χ0v) is 11.9. The van der Waals surface area contributed by atoms with Gasteiger partial charge in [0.25, 0.3) is 0 Å². The summed E-state index contributed by atoms with van der Waals surface area (Å²) in [5.41, 5.74) is 1.58. The maximum absolute atomic E-state index is 13.4. The molecule has 5 heteroatoms. The number of likely N-dealkylation sites (tertiary alicyclic amines) is 1. The zero-order chi connectivity index (χ0) is 13.1. The number of benzene rings is 1. The van der Waals surface area contributed by atoms with Crippen LogP contribution in [0.5, 0.6) is 0 Å². The second kappa shape index (κ2) is 5.69. The lowest BCUT2D eigenvalue weighted by atomic mass is 10.2. The highest BCUT2D eigenvalue weighted by molar-refractivity contribution is 9.10. The van der Waals surface area contributed by atoms with Crippen LogP contribution in [0.1, 0.15) is 18.4 Å². The first-order chi connectivity index (χ1) is 8.58. The lowest BCUT2D eigenvalue weighted by molar-refractivity contribution is -0.128. The van der Waals surface area contributed by atoms with E-state index in [0.29, 0.717) is 10.2 Å². The van der Waals surface area contributed by atoms with Crippen LogP contribution < -0.4 is 5.32 Å². The van der Waals surface area contributed by atoms with Crippen molar-refractivity contribution in [1.82, 2.24) is 4.90 Å². The maximum Gasteiger partial charge on any atom is 0.241 e. The second-order valence-corrected chi connectivity index (χ2v) is 5.38. The van der Waals surface area contributed by atoms with Gasteiger partial charge in [-0.15, -0.1) is 0 Å². The van der Waals surface area contributed by atoms with Crippen LogP contribution in [0.15, 0.2) is 16.6 Å². The molecule has 0 radical (unpaired) electrons. The van der Waals surface area contributed by atoms with E-state index in [2.05, 4.69) is 21.2 Å². The van der Waals surface area contributed by atoms with E-state index in [-0.39, 0.29) is 18.3 Å². The molecule has 0 aromatic heterocycles. The molecule has 1 aromatic carbocycles. The average Bonchev–Trinajstić information content (AvgIpc) is 2.85. The summed E-state index contributed by atoms with van der Waals surface area (Å²) in [6.07, 6.45) is 2.16. The highest BCUT2D eigenvalue weighted by Gasteiger charge is 2.17. The highest BCUT2D eigenvalue weighted by atomic mass is 79.9. The lowest BCUT2D eigenvalue weighted by Crippen LogP contribution is -2.33.